The summed E-state index contributed by atoms with van der Waals surface area (Å²) in [6, 6.07) is 8.20. The fraction of sp³-hybridized carbons (Fsp3) is 0.630. The van der Waals surface area contributed by atoms with E-state index in [9.17, 15) is 0 Å². The minimum Gasteiger partial charge on any atom is -0.493 e. The fourth-order valence-corrected chi connectivity index (χ4v) is 4.88. The molecule has 0 saturated carbocycles. The van der Waals surface area contributed by atoms with Crippen molar-refractivity contribution in [2.45, 2.75) is 57.8 Å². The molecule has 0 aliphatic carbocycles. The number of methoxy groups -OCH3 is 1. The zero-order valence-corrected chi connectivity index (χ0v) is 20.1. The molecule has 4 rings (SSSR count). The van der Waals surface area contributed by atoms with Gasteiger partial charge in [0, 0.05) is 38.1 Å². The molecule has 6 heteroatoms. The number of aryl methyl sites for hydroxylation is 1. The molecule has 1 aromatic heterocycles. The molecule has 1 aromatic carbocycles. The van der Waals surface area contributed by atoms with Crippen molar-refractivity contribution < 1.29 is 14.2 Å². The van der Waals surface area contributed by atoms with Gasteiger partial charge < -0.3 is 19.1 Å². The molecule has 2 fully saturated rings. The Morgan fingerprint density at radius 2 is 1.91 bits per heavy atom. The zero-order chi connectivity index (χ0) is 22.7. The van der Waals surface area contributed by atoms with E-state index >= 15 is 0 Å². The van der Waals surface area contributed by atoms with Crippen molar-refractivity contribution in [3.8, 4) is 11.5 Å². The van der Waals surface area contributed by atoms with Gasteiger partial charge in [0.1, 0.15) is 5.82 Å². The number of rotatable bonds is 12. The Morgan fingerprint density at radius 3 is 2.73 bits per heavy atom. The van der Waals surface area contributed by atoms with Gasteiger partial charge in [-0.05, 0) is 94.1 Å². The van der Waals surface area contributed by atoms with Gasteiger partial charge in [-0.3, -0.25) is 0 Å². The zero-order valence-electron chi connectivity index (χ0n) is 20.1. The molecule has 180 valence electrons. The molecule has 2 saturated heterocycles. The molecule has 33 heavy (non-hydrogen) atoms. The lowest BCUT2D eigenvalue weighted by Crippen LogP contribution is -2.21. The van der Waals surface area contributed by atoms with Crippen molar-refractivity contribution in [3.63, 3.8) is 0 Å². The van der Waals surface area contributed by atoms with Crippen LogP contribution in [0.2, 0.25) is 0 Å². The van der Waals surface area contributed by atoms with Gasteiger partial charge in [0.2, 0.25) is 0 Å². The maximum absolute atomic E-state index is 6.10. The minimum atomic E-state index is 0.696. The van der Waals surface area contributed by atoms with Crippen molar-refractivity contribution in [3.05, 3.63) is 47.5 Å². The Morgan fingerprint density at radius 1 is 1.06 bits per heavy atom. The first-order valence-corrected chi connectivity index (χ1v) is 12.7. The number of aromatic nitrogens is 2. The monoisotopic (exact) mass is 453 g/mol. The Balaban J connectivity index is 1.28. The van der Waals surface area contributed by atoms with E-state index in [-0.39, 0.29) is 0 Å². The summed E-state index contributed by atoms with van der Waals surface area (Å²) in [5.74, 6) is 3.27. The van der Waals surface area contributed by atoms with Crippen LogP contribution in [-0.4, -0.2) is 61.4 Å². The van der Waals surface area contributed by atoms with Crippen LogP contribution in [0.1, 0.15) is 62.0 Å². The van der Waals surface area contributed by atoms with E-state index in [0.717, 1.165) is 67.1 Å². The van der Waals surface area contributed by atoms with Crippen LogP contribution in [0, 0.1) is 5.92 Å². The predicted molar refractivity (Wildman–Crippen MR) is 130 cm³/mol. The average molecular weight is 454 g/mol. The Kier molecular flexibility index (Phi) is 9.37. The standard InChI is InChI=1S/C27H39N3O3/c1-31-25-9-8-23(20-26(25)33-17-5-16-30-14-2-3-15-30)21-27-28-13-10-24(29-27)7-4-6-22-11-18-32-19-12-22/h8-10,13,20,22H,2-7,11-12,14-19,21H2,1H3. The second-order valence-electron chi connectivity index (χ2n) is 9.32. The summed E-state index contributed by atoms with van der Waals surface area (Å²) in [5.41, 5.74) is 2.28. The highest BCUT2D eigenvalue weighted by molar-refractivity contribution is 5.43. The quantitative estimate of drug-likeness (QED) is 0.435. The van der Waals surface area contributed by atoms with Gasteiger partial charge in [-0.1, -0.05) is 6.07 Å². The molecule has 0 radical (unpaired) electrons. The van der Waals surface area contributed by atoms with Crippen LogP contribution in [0.5, 0.6) is 11.5 Å². The molecule has 2 aliphatic rings. The first-order valence-electron chi connectivity index (χ1n) is 12.7. The highest BCUT2D eigenvalue weighted by Crippen LogP contribution is 2.29. The van der Waals surface area contributed by atoms with E-state index in [0.29, 0.717) is 13.0 Å². The third-order valence-electron chi connectivity index (χ3n) is 6.81. The first kappa shape index (κ1) is 24.0. The molecule has 0 unspecified atom stereocenters. The highest BCUT2D eigenvalue weighted by Gasteiger charge is 2.14. The summed E-state index contributed by atoms with van der Waals surface area (Å²) in [5, 5.41) is 0. The van der Waals surface area contributed by atoms with Crippen LogP contribution < -0.4 is 9.47 Å². The molecule has 0 N–H and O–H groups in total. The van der Waals surface area contributed by atoms with Crippen molar-refractivity contribution in [2.24, 2.45) is 5.92 Å². The minimum absolute atomic E-state index is 0.696. The van der Waals surface area contributed by atoms with E-state index in [2.05, 4.69) is 28.1 Å². The first-order chi connectivity index (χ1) is 16.3. The van der Waals surface area contributed by atoms with E-state index in [1.165, 1.54) is 51.6 Å². The fourth-order valence-electron chi connectivity index (χ4n) is 4.88. The van der Waals surface area contributed by atoms with Crippen molar-refractivity contribution >= 4 is 0 Å². The lowest BCUT2D eigenvalue weighted by molar-refractivity contribution is 0.0633. The molecule has 0 bridgehead atoms. The van der Waals surface area contributed by atoms with Crippen LogP contribution in [0.4, 0.5) is 0 Å². The van der Waals surface area contributed by atoms with E-state index in [1.54, 1.807) is 7.11 Å². The third kappa shape index (κ3) is 7.68. The molecule has 0 spiro atoms. The molecule has 3 heterocycles. The van der Waals surface area contributed by atoms with Crippen molar-refractivity contribution in [1.82, 2.24) is 14.9 Å². The Bertz CT molecular complexity index is 848. The summed E-state index contributed by atoms with van der Waals surface area (Å²) in [7, 11) is 1.69. The van der Waals surface area contributed by atoms with Gasteiger partial charge in [0.15, 0.2) is 11.5 Å². The van der Waals surface area contributed by atoms with Crippen LogP contribution in [0.15, 0.2) is 30.5 Å². The highest BCUT2D eigenvalue weighted by atomic mass is 16.5. The van der Waals surface area contributed by atoms with Crippen LogP contribution >= 0.6 is 0 Å². The van der Waals surface area contributed by atoms with Gasteiger partial charge in [0.05, 0.1) is 13.7 Å². The van der Waals surface area contributed by atoms with Crippen LogP contribution in [0.3, 0.4) is 0 Å². The SMILES string of the molecule is COc1ccc(Cc2nccc(CCCC3CCOCC3)n2)cc1OCCCN1CCCC1. The average Bonchev–Trinajstić information content (AvgIpc) is 3.37. The van der Waals surface area contributed by atoms with E-state index < -0.39 is 0 Å². The van der Waals surface area contributed by atoms with E-state index in [1.807, 2.05) is 12.3 Å². The second kappa shape index (κ2) is 12.9. The Labute approximate surface area is 198 Å². The molecule has 2 aromatic rings. The summed E-state index contributed by atoms with van der Waals surface area (Å²) >= 11 is 0. The summed E-state index contributed by atoms with van der Waals surface area (Å²) < 4.78 is 17.1. The molecule has 0 atom stereocenters. The summed E-state index contributed by atoms with van der Waals surface area (Å²) in [6.07, 6.45) is 12.1. The molecular weight excluding hydrogens is 414 g/mol. The second-order valence-corrected chi connectivity index (χ2v) is 9.32. The number of hydrogen-bond donors (Lipinski definition) is 0. The molecule has 2 aliphatic heterocycles. The maximum Gasteiger partial charge on any atom is 0.161 e. The normalized spacial score (nSPS) is 17.4. The van der Waals surface area contributed by atoms with Gasteiger partial charge in [-0.25, -0.2) is 9.97 Å². The van der Waals surface area contributed by atoms with Crippen LogP contribution in [0.25, 0.3) is 0 Å². The number of benzene rings is 1. The maximum atomic E-state index is 6.10. The lowest BCUT2D eigenvalue weighted by Gasteiger charge is -2.21. The third-order valence-corrected chi connectivity index (χ3v) is 6.81. The number of ether oxygens (including phenoxy) is 3. The smallest absolute Gasteiger partial charge is 0.161 e. The van der Waals surface area contributed by atoms with E-state index in [4.69, 9.17) is 19.2 Å². The summed E-state index contributed by atoms with van der Waals surface area (Å²) in [4.78, 5) is 11.9. The number of hydrogen-bond acceptors (Lipinski definition) is 6. The van der Waals surface area contributed by atoms with Gasteiger partial charge in [0.25, 0.3) is 0 Å². The molecule has 0 amide bonds. The Hall–Kier alpha value is -2.18. The lowest BCUT2D eigenvalue weighted by atomic mass is 9.94. The molecule has 6 nitrogen and oxygen atoms in total. The summed E-state index contributed by atoms with van der Waals surface area (Å²) in [6.45, 7) is 6.12. The van der Waals surface area contributed by atoms with Crippen LogP contribution in [-0.2, 0) is 17.6 Å². The van der Waals surface area contributed by atoms with Gasteiger partial charge in [-0.2, -0.15) is 0 Å². The van der Waals surface area contributed by atoms with Gasteiger partial charge >= 0.3 is 0 Å². The van der Waals surface area contributed by atoms with Gasteiger partial charge in [-0.15, -0.1) is 0 Å². The topological polar surface area (TPSA) is 56.7 Å². The van der Waals surface area contributed by atoms with Crippen molar-refractivity contribution in [2.75, 3.05) is 46.6 Å². The number of likely N-dealkylation sites (tertiary alicyclic amines) is 1. The number of nitrogens with zero attached hydrogens (tertiary/aromatic N) is 3. The van der Waals surface area contributed by atoms with Crippen molar-refractivity contribution in [1.29, 1.82) is 0 Å². The molecular formula is C27H39N3O3. The predicted octanol–water partition coefficient (Wildman–Crippen LogP) is 4.69. The largest absolute Gasteiger partial charge is 0.493 e.